The minimum atomic E-state index is -3.44. The van der Waals surface area contributed by atoms with E-state index in [9.17, 15) is 8.42 Å². The summed E-state index contributed by atoms with van der Waals surface area (Å²) in [7, 11) is -1.75. The summed E-state index contributed by atoms with van der Waals surface area (Å²) in [5.41, 5.74) is 1.13. The quantitative estimate of drug-likeness (QED) is 0.604. The Morgan fingerprint density at radius 3 is 2.39 bits per heavy atom. The summed E-state index contributed by atoms with van der Waals surface area (Å²) in [6.45, 7) is 5.10. The minimum absolute atomic E-state index is 0.293. The van der Waals surface area contributed by atoms with Crippen molar-refractivity contribution in [2.75, 3.05) is 51.3 Å². The van der Waals surface area contributed by atoms with Crippen molar-refractivity contribution in [1.82, 2.24) is 9.62 Å². The third kappa shape index (κ3) is 5.47. The van der Waals surface area contributed by atoms with Crippen LogP contribution in [0.1, 0.15) is 6.42 Å². The SMILES string of the molecule is COc1ccccc1N1CCN(CCCNS(=O)(=O)c2ccc(Br)cc2)CC1. The van der Waals surface area contributed by atoms with Gasteiger partial charge in [0.05, 0.1) is 17.7 Å². The van der Waals surface area contributed by atoms with E-state index < -0.39 is 10.0 Å². The Hall–Kier alpha value is -1.61. The molecule has 28 heavy (non-hydrogen) atoms. The monoisotopic (exact) mass is 467 g/mol. The van der Waals surface area contributed by atoms with Crippen molar-refractivity contribution < 1.29 is 13.2 Å². The van der Waals surface area contributed by atoms with Gasteiger partial charge in [-0.2, -0.15) is 0 Å². The van der Waals surface area contributed by atoms with Crippen molar-refractivity contribution in [2.45, 2.75) is 11.3 Å². The minimum Gasteiger partial charge on any atom is -0.495 e. The first-order valence-electron chi connectivity index (χ1n) is 9.35. The molecule has 1 saturated heterocycles. The number of piperazine rings is 1. The predicted molar refractivity (Wildman–Crippen MR) is 116 cm³/mol. The van der Waals surface area contributed by atoms with Gasteiger partial charge in [0.25, 0.3) is 0 Å². The number of halogens is 1. The normalized spacial score (nSPS) is 15.6. The number of anilines is 1. The van der Waals surface area contributed by atoms with Crippen LogP contribution in [0.2, 0.25) is 0 Å². The second-order valence-corrected chi connectivity index (χ2v) is 9.39. The van der Waals surface area contributed by atoms with Crippen LogP contribution in [0.4, 0.5) is 5.69 Å². The van der Waals surface area contributed by atoms with E-state index in [1.807, 2.05) is 18.2 Å². The standard InChI is InChI=1S/C20H26BrN3O3S/c1-27-20-6-3-2-5-19(20)24-15-13-23(14-16-24)12-4-11-22-28(25,26)18-9-7-17(21)8-10-18/h2-3,5-10,22H,4,11-16H2,1H3. The molecule has 0 aliphatic carbocycles. The highest BCUT2D eigenvalue weighted by Gasteiger charge is 2.19. The molecule has 8 heteroatoms. The molecule has 0 radical (unpaired) electrons. The highest BCUT2D eigenvalue weighted by molar-refractivity contribution is 9.10. The van der Waals surface area contributed by atoms with E-state index >= 15 is 0 Å². The van der Waals surface area contributed by atoms with Gasteiger partial charge in [-0.05, 0) is 49.4 Å². The number of rotatable bonds is 8. The Balaban J connectivity index is 1.42. The molecule has 0 spiro atoms. The van der Waals surface area contributed by atoms with Crippen molar-refractivity contribution in [3.8, 4) is 5.75 Å². The summed E-state index contributed by atoms with van der Waals surface area (Å²) in [5, 5.41) is 0. The molecule has 1 fully saturated rings. The lowest BCUT2D eigenvalue weighted by Gasteiger charge is -2.36. The number of hydrogen-bond acceptors (Lipinski definition) is 5. The van der Waals surface area contributed by atoms with Crippen molar-refractivity contribution in [2.24, 2.45) is 0 Å². The van der Waals surface area contributed by atoms with Gasteiger partial charge in [-0.1, -0.05) is 28.1 Å². The Morgan fingerprint density at radius 2 is 1.71 bits per heavy atom. The molecule has 3 rings (SSSR count). The zero-order valence-electron chi connectivity index (χ0n) is 16.0. The van der Waals surface area contributed by atoms with Crippen LogP contribution < -0.4 is 14.4 Å². The van der Waals surface area contributed by atoms with Crippen LogP contribution >= 0.6 is 15.9 Å². The summed E-state index contributed by atoms with van der Waals surface area (Å²) in [4.78, 5) is 5.01. The molecule has 2 aromatic carbocycles. The molecule has 6 nitrogen and oxygen atoms in total. The smallest absolute Gasteiger partial charge is 0.240 e. The van der Waals surface area contributed by atoms with E-state index in [1.165, 1.54) is 0 Å². The van der Waals surface area contributed by atoms with E-state index in [4.69, 9.17) is 4.74 Å². The molecule has 2 aromatic rings. The van der Waals surface area contributed by atoms with E-state index in [2.05, 4.69) is 36.5 Å². The Labute approximate surface area is 175 Å². The summed E-state index contributed by atoms with van der Waals surface area (Å²) < 4.78 is 33.6. The lowest BCUT2D eigenvalue weighted by atomic mass is 10.2. The van der Waals surface area contributed by atoms with Gasteiger partial charge in [-0.3, -0.25) is 4.90 Å². The maximum Gasteiger partial charge on any atom is 0.240 e. The molecular weight excluding hydrogens is 442 g/mol. The topological polar surface area (TPSA) is 61.9 Å². The van der Waals surface area contributed by atoms with Crippen molar-refractivity contribution in [3.63, 3.8) is 0 Å². The molecule has 1 aliphatic heterocycles. The second-order valence-electron chi connectivity index (χ2n) is 6.71. The highest BCUT2D eigenvalue weighted by Crippen LogP contribution is 2.28. The number of para-hydroxylation sites is 2. The molecule has 0 atom stereocenters. The van der Waals surface area contributed by atoms with Gasteiger partial charge in [0.2, 0.25) is 10.0 Å². The summed E-state index contributed by atoms with van der Waals surface area (Å²) in [5.74, 6) is 0.901. The van der Waals surface area contributed by atoms with Gasteiger partial charge in [0, 0.05) is 37.2 Å². The van der Waals surface area contributed by atoms with Crippen LogP contribution in [0.3, 0.4) is 0 Å². The summed E-state index contributed by atoms with van der Waals surface area (Å²) >= 11 is 3.32. The van der Waals surface area contributed by atoms with Crippen molar-refractivity contribution in [1.29, 1.82) is 0 Å². The molecule has 1 N–H and O–H groups in total. The fourth-order valence-electron chi connectivity index (χ4n) is 3.31. The average molecular weight is 468 g/mol. The zero-order chi connectivity index (χ0) is 20.0. The van der Waals surface area contributed by atoms with Gasteiger partial charge in [0.1, 0.15) is 5.75 Å². The maximum atomic E-state index is 12.3. The van der Waals surface area contributed by atoms with E-state index in [0.29, 0.717) is 11.4 Å². The molecule has 0 bridgehead atoms. The molecule has 0 aromatic heterocycles. The Kier molecular flexibility index (Phi) is 7.34. The van der Waals surface area contributed by atoms with Crippen LogP contribution in [-0.4, -0.2) is 59.7 Å². The van der Waals surface area contributed by atoms with E-state index in [1.54, 1.807) is 31.4 Å². The fraction of sp³-hybridized carbons (Fsp3) is 0.400. The van der Waals surface area contributed by atoms with Crippen molar-refractivity contribution in [3.05, 3.63) is 53.0 Å². The molecule has 0 saturated carbocycles. The number of nitrogens with one attached hydrogen (secondary N) is 1. The molecule has 152 valence electrons. The predicted octanol–water partition coefficient (Wildman–Crippen LogP) is 2.95. The van der Waals surface area contributed by atoms with Crippen molar-refractivity contribution >= 4 is 31.6 Å². The molecule has 1 heterocycles. The van der Waals surface area contributed by atoms with Gasteiger partial charge in [-0.25, -0.2) is 13.1 Å². The number of hydrogen-bond donors (Lipinski definition) is 1. The Morgan fingerprint density at radius 1 is 1.04 bits per heavy atom. The van der Waals surface area contributed by atoms with Gasteiger partial charge in [0.15, 0.2) is 0 Å². The second kappa shape index (κ2) is 9.73. The van der Waals surface area contributed by atoms with E-state index in [-0.39, 0.29) is 0 Å². The van der Waals surface area contributed by atoms with Crippen LogP contribution in [-0.2, 0) is 10.0 Å². The highest BCUT2D eigenvalue weighted by atomic mass is 79.9. The number of ether oxygens (including phenoxy) is 1. The average Bonchev–Trinajstić information content (AvgIpc) is 2.72. The largest absolute Gasteiger partial charge is 0.495 e. The Bertz CT molecular complexity index is 867. The van der Waals surface area contributed by atoms with Crippen LogP contribution in [0.5, 0.6) is 5.75 Å². The van der Waals surface area contributed by atoms with Crippen LogP contribution in [0, 0.1) is 0 Å². The first kappa shape index (κ1) is 21.1. The summed E-state index contributed by atoms with van der Waals surface area (Å²) in [6, 6.07) is 14.7. The number of nitrogens with zero attached hydrogens (tertiary/aromatic N) is 2. The van der Waals surface area contributed by atoms with Crippen LogP contribution in [0.15, 0.2) is 57.9 Å². The third-order valence-corrected chi connectivity index (χ3v) is 6.87. The third-order valence-electron chi connectivity index (χ3n) is 4.87. The number of sulfonamides is 1. The molecule has 0 amide bonds. The van der Waals surface area contributed by atoms with Gasteiger partial charge >= 0.3 is 0 Å². The number of benzene rings is 2. The van der Waals surface area contributed by atoms with Gasteiger partial charge in [-0.15, -0.1) is 0 Å². The van der Waals surface area contributed by atoms with E-state index in [0.717, 1.165) is 55.1 Å². The lowest BCUT2D eigenvalue weighted by Crippen LogP contribution is -2.47. The molecular formula is C20H26BrN3O3S. The zero-order valence-corrected chi connectivity index (χ0v) is 18.4. The summed E-state index contributed by atoms with van der Waals surface area (Å²) in [6.07, 6.45) is 0.782. The molecule has 1 aliphatic rings. The first-order chi connectivity index (χ1) is 13.5. The van der Waals surface area contributed by atoms with Gasteiger partial charge < -0.3 is 9.64 Å². The van der Waals surface area contributed by atoms with Crippen LogP contribution in [0.25, 0.3) is 0 Å². The maximum absolute atomic E-state index is 12.3. The fourth-order valence-corrected chi connectivity index (χ4v) is 4.65. The molecule has 0 unspecified atom stereocenters. The number of methoxy groups -OCH3 is 1. The lowest BCUT2D eigenvalue weighted by molar-refractivity contribution is 0.254. The first-order valence-corrected chi connectivity index (χ1v) is 11.6.